The molecular weight excluding hydrogens is 281 g/mol. The van der Waals surface area contributed by atoms with Crippen LogP contribution < -0.4 is 5.32 Å². The van der Waals surface area contributed by atoms with Gasteiger partial charge in [-0.2, -0.15) is 5.10 Å². The zero-order chi connectivity index (χ0) is 15.4. The zero-order valence-corrected chi connectivity index (χ0v) is 12.4. The number of hydrogen-bond acceptors (Lipinski definition) is 2. The van der Waals surface area contributed by atoms with Crippen LogP contribution in [0.5, 0.6) is 0 Å². The summed E-state index contributed by atoms with van der Waals surface area (Å²) < 4.78 is 14.1. The predicted molar refractivity (Wildman–Crippen MR) is 82.2 cm³/mol. The lowest BCUT2D eigenvalue weighted by Gasteiger charge is -2.32. The SMILES string of the molecule is O=C(CC1CC(CF)C1)NCc1cnn(-c2ccccc2)c1. The van der Waals surface area contributed by atoms with Crippen LogP contribution in [0.2, 0.25) is 0 Å². The van der Waals surface area contributed by atoms with Gasteiger partial charge >= 0.3 is 0 Å². The predicted octanol–water partition coefficient (Wildman–Crippen LogP) is 2.87. The molecule has 0 atom stereocenters. The number of nitrogens with one attached hydrogen (secondary N) is 1. The molecule has 0 radical (unpaired) electrons. The Labute approximate surface area is 129 Å². The molecule has 0 saturated heterocycles. The van der Waals surface area contributed by atoms with Crippen molar-refractivity contribution in [3.8, 4) is 5.69 Å². The molecule has 1 aromatic heterocycles. The Kier molecular flexibility index (Phi) is 4.51. The fourth-order valence-corrected chi connectivity index (χ4v) is 2.87. The first kappa shape index (κ1) is 14.8. The Morgan fingerprint density at radius 3 is 2.77 bits per heavy atom. The van der Waals surface area contributed by atoms with Gasteiger partial charge in [-0.25, -0.2) is 4.68 Å². The van der Waals surface area contributed by atoms with Crippen molar-refractivity contribution in [2.45, 2.75) is 25.8 Å². The molecule has 1 fully saturated rings. The summed E-state index contributed by atoms with van der Waals surface area (Å²) in [5.41, 5.74) is 1.96. The lowest BCUT2D eigenvalue weighted by molar-refractivity contribution is -0.123. The monoisotopic (exact) mass is 301 g/mol. The Morgan fingerprint density at radius 1 is 1.27 bits per heavy atom. The molecule has 1 aliphatic rings. The molecule has 3 rings (SSSR count). The first-order valence-electron chi connectivity index (χ1n) is 7.66. The highest BCUT2D eigenvalue weighted by Crippen LogP contribution is 2.36. The molecule has 0 unspecified atom stereocenters. The third kappa shape index (κ3) is 3.53. The van der Waals surface area contributed by atoms with Gasteiger partial charge in [0.1, 0.15) is 0 Å². The van der Waals surface area contributed by atoms with Gasteiger partial charge in [0, 0.05) is 24.7 Å². The minimum atomic E-state index is -0.253. The Balaban J connectivity index is 1.46. The van der Waals surface area contributed by atoms with E-state index in [0.717, 1.165) is 24.1 Å². The number of halogens is 1. The maximum absolute atomic E-state index is 12.4. The third-order valence-electron chi connectivity index (χ3n) is 4.17. The van der Waals surface area contributed by atoms with Crippen molar-refractivity contribution < 1.29 is 9.18 Å². The highest BCUT2D eigenvalue weighted by Gasteiger charge is 2.30. The number of para-hydroxylation sites is 1. The normalized spacial score (nSPS) is 20.4. The van der Waals surface area contributed by atoms with Gasteiger partial charge < -0.3 is 5.32 Å². The van der Waals surface area contributed by atoms with Crippen LogP contribution in [0.4, 0.5) is 4.39 Å². The fourth-order valence-electron chi connectivity index (χ4n) is 2.87. The maximum atomic E-state index is 12.4. The average Bonchev–Trinajstić information content (AvgIpc) is 2.98. The first-order valence-corrected chi connectivity index (χ1v) is 7.66. The molecular formula is C17H20FN3O. The van der Waals surface area contributed by atoms with Crippen molar-refractivity contribution in [1.82, 2.24) is 15.1 Å². The van der Waals surface area contributed by atoms with Gasteiger partial charge in [0.05, 0.1) is 18.6 Å². The molecule has 1 aromatic carbocycles. The largest absolute Gasteiger partial charge is 0.352 e. The van der Waals surface area contributed by atoms with E-state index in [-0.39, 0.29) is 18.5 Å². The van der Waals surface area contributed by atoms with E-state index in [9.17, 15) is 9.18 Å². The van der Waals surface area contributed by atoms with Gasteiger partial charge in [-0.3, -0.25) is 9.18 Å². The lowest BCUT2D eigenvalue weighted by Crippen LogP contribution is -2.32. The van der Waals surface area contributed by atoms with Gasteiger partial charge in [0.2, 0.25) is 5.91 Å². The van der Waals surface area contributed by atoms with E-state index < -0.39 is 0 Å². The standard InChI is InChI=1S/C17H20FN3O/c18-9-14-6-13(7-14)8-17(22)19-10-15-11-20-21(12-15)16-4-2-1-3-5-16/h1-5,11-14H,6-10H2,(H,19,22). The molecule has 1 aliphatic carbocycles. The van der Waals surface area contributed by atoms with Gasteiger partial charge in [-0.1, -0.05) is 18.2 Å². The molecule has 0 bridgehead atoms. The third-order valence-corrected chi connectivity index (χ3v) is 4.17. The minimum absolute atomic E-state index is 0.0368. The lowest BCUT2D eigenvalue weighted by atomic mass is 9.74. The number of rotatable bonds is 6. The fraction of sp³-hybridized carbons (Fsp3) is 0.412. The van der Waals surface area contributed by atoms with E-state index >= 15 is 0 Å². The number of hydrogen-bond donors (Lipinski definition) is 1. The Bertz CT molecular complexity index is 620. The summed E-state index contributed by atoms with van der Waals surface area (Å²) in [5, 5.41) is 7.21. The molecule has 1 saturated carbocycles. The number of amides is 1. The molecule has 2 aromatic rings. The van der Waals surface area contributed by atoms with Crippen LogP contribution in [-0.4, -0.2) is 22.4 Å². The number of aromatic nitrogens is 2. The maximum Gasteiger partial charge on any atom is 0.220 e. The number of alkyl halides is 1. The molecule has 1 heterocycles. The summed E-state index contributed by atoms with van der Waals surface area (Å²) in [4.78, 5) is 11.9. The molecule has 4 nitrogen and oxygen atoms in total. The summed E-state index contributed by atoms with van der Waals surface area (Å²) in [6.07, 6.45) is 5.86. The number of carbonyl (C=O) groups excluding carboxylic acids is 1. The topological polar surface area (TPSA) is 46.9 Å². The van der Waals surface area contributed by atoms with Crippen LogP contribution in [0.15, 0.2) is 42.7 Å². The van der Waals surface area contributed by atoms with Crippen molar-refractivity contribution in [3.63, 3.8) is 0 Å². The summed E-state index contributed by atoms with van der Waals surface area (Å²) in [6.45, 7) is 0.224. The van der Waals surface area contributed by atoms with E-state index in [1.165, 1.54) is 0 Å². The number of carbonyl (C=O) groups is 1. The van der Waals surface area contributed by atoms with Crippen LogP contribution in [0, 0.1) is 11.8 Å². The Morgan fingerprint density at radius 2 is 2.05 bits per heavy atom. The van der Waals surface area contributed by atoms with Gasteiger partial charge in [0.15, 0.2) is 0 Å². The Hall–Kier alpha value is -2.17. The molecule has 1 N–H and O–H groups in total. The van der Waals surface area contributed by atoms with E-state index in [1.54, 1.807) is 10.9 Å². The highest BCUT2D eigenvalue weighted by molar-refractivity contribution is 5.76. The van der Waals surface area contributed by atoms with E-state index in [4.69, 9.17) is 0 Å². The van der Waals surface area contributed by atoms with Gasteiger partial charge in [-0.05, 0) is 36.8 Å². The van der Waals surface area contributed by atoms with Crippen LogP contribution >= 0.6 is 0 Å². The van der Waals surface area contributed by atoms with E-state index in [0.29, 0.717) is 18.9 Å². The molecule has 22 heavy (non-hydrogen) atoms. The van der Waals surface area contributed by atoms with Crippen molar-refractivity contribution >= 4 is 5.91 Å². The molecule has 5 heteroatoms. The molecule has 0 aliphatic heterocycles. The minimum Gasteiger partial charge on any atom is -0.352 e. The summed E-state index contributed by atoms with van der Waals surface area (Å²) in [6, 6.07) is 9.84. The van der Waals surface area contributed by atoms with Crippen molar-refractivity contribution in [2.75, 3.05) is 6.67 Å². The van der Waals surface area contributed by atoms with Crippen molar-refractivity contribution in [2.24, 2.45) is 11.8 Å². The van der Waals surface area contributed by atoms with Crippen LogP contribution in [0.1, 0.15) is 24.8 Å². The van der Waals surface area contributed by atoms with Crippen molar-refractivity contribution in [1.29, 1.82) is 0 Å². The molecule has 1 amide bonds. The smallest absolute Gasteiger partial charge is 0.220 e. The second-order valence-corrected chi connectivity index (χ2v) is 5.97. The average molecular weight is 301 g/mol. The summed E-state index contributed by atoms with van der Waals surface area (Å²) in [5.74, 6) is 0.574. The van der Waals surface area contributed by atoms with Gasteiger partial charge in [0.25, 0.3) is 0 Å². The molecule has 0 spiro atoms. The second kappa shape index (κ2) is 6.73. The summed E-state index contributed by atoms with van der Waals surface area (Å²) in [7, 11) is 0. The number of benzene rings is 1. The van der Waals surface area contributed by atoms with E-state index in [2.05, 4.69) is 10.4 Å². The van der Waals surface area contributed by atoms with Crippen LogP contribution in [0.25, 0.3) is 5.69 Å². The first-order chi connectivity index (χ1) is 10.7. The van der Waals surface area contributed by atoms with Crippen LogP contribution in [-0.2, 0) is 11.3 Å². The van der Waals surface area contributed by atoms with Crippen molar-refractivity contribution in [3.05, 3.63) is 48.3 Å². The summed E-state index contributed by atoms with van der Waals surface area (Å²) >= 11 is 0. The quantitative estimate of drug-likeness (QED) is 0.892. The zero-order valence-electron chi connectivity index (χ0n) is 12.4. The van der Waals surface area contributed by atoms with Gasteiger partial charge in [-0.15, -0.1) is 0 Å². The van der Waals surface area contributed by atoms with E-state index in [1.807, 2.05) is 36.5 Å². The van der Waals surface area contributed by atoms with Crippen LogP contribution in [0.3, 0.4) is 0 Å². The second-order valence-electron chi connectivity index (χ2n) is 5.97. The molecule has 116 valence electrons. The number of nitrogens with zero attached hydrogens (tertiary/aromatic N) is 2. The highest BCUT2D eigenvalue weighted by atomic mass is 19.1.